The molecule has 0 aliphatic heterocycles. The molecule has 0 unspecified atom stereocenters. The minimum Gasteiger partial charge on any atom is -0.316 e. The Labute approximate surface area is 164 Å². The maximum absolute atomic E-state index is 14.2. The fourth-order valence-corrected chi connectivity index (χ4v) is 3.10. The van der Waals surface area contributed by atoms with E-state index in [0.29, 0.717) is 12.8 Å². The first-order valence-electron chi connectivity index (χ1n) is 9.96. The van der Waals surface area contributed by atoms with Crippen LogP contribution in [0.2, 0.25) is 0 Å². The number of halogens is 4. The minimum atomic E-state index is -3.88. The number of unbranched alkanes of at least 4 members (excludes halogenated alkanes) is 2. The normalized spacial score (nSPS) is 11.8. The Morgan fingerprint density at radius 2 is 1.39 bits per heavy atom. The van der Waals surface area contributed by atoms with E-state index >= 15 is 0 Å². The van der Waals surface area contributed by atoms with Crippen LogP contribution in [0.15, 0.2) is 36.4 Å². The van der Waals surface area contributed by atoms with E-state index in [0.717, 1.165) is 30.9 Å². The summed E-state index contributed by atoms with van der Waals surface area (Å²) in [6, 6.07) is 9.88. The van der Waals surface area contributed by atoms with Gasteiger partial charge in [0.25, 0.3) is 0 Å². The zero-order valence-electron chi connectivity index (χ0n) is 16.5. The summed E-state index contributed by atoms with van der Waals surface area (Å²) in [6.07, 6.45) is 1.76. The zero-order valence-corrected chi connectivity index (χ0v) is 16.5. The molecule has 5 heteroatoms. The smallest absolute Gasteiger partial charge is 0.316 e. The van der Waals surface area contributed by atoms with E-state index in [-0.39, 0.29) is 18.6 Å². The molecule has 2 aromatic carbocycles. The number of aryl methyl sites for hydroxylation is 2. The van der Waals surface area contributed by atoms with Crippen molar-refractivity contribution in [3.05, 3.63) is 70.3 Å². The molecule has 1 nitrogen and oxygen atoms in total. The molecular weight excluding hydrogens is 368 g/mol. The summed E-state index contributed by atoms with van der Waals surface area (Å²) >= 11 is 0. The van der Waals surface area contributed by atoms with Gasteiger partial charge in [-0.05, 0) is 48.4 Å². The van der Waals surface area contributed by atoms with Crippen molar-refractivity contribution in [3.63, 3.8) is 0 Å². The van der Waals surface area contributed by atoms with E-state index in [1.165, 1.54) is 18.1 Å². The van der Waals surface area contributed by atoms with Gasteiger partial charge in [-0.15, -0.1) is 0 Å². The quantitative estimate of drug-likeness (QED) is 0.295. The molecular formula is C23H28F4O. The third-order valence-corrected chi connectivity index (χ3v) is 4.76. The van der Waals surface area contributed by atoms with Crippen molar-refractivity contribution in [2.24, 2.45) is 0 Å². The molecule has 28 heavy (non-hydrogen) atoms. The van der Waals surface area contributed by atoms with Crippen LogP contribution in [0.3, 0.4) is 0 Å². The van der Waals surface area contributed by atoms with E-state index in [1.54, 1.807) is 6.92 Å². The highest BCUT2D eigenvalue weighted by Gasteiger charge is 2.37. The van der Waals surface area contributed by atoms with Crippen molar-refractivity contribution < 1.29 is 22.3 Å². The molecule has 0 aromatic heterocycles. The average Bonchev–Trinajstić information content (AvgIpc) is 2.67. The van der Waals surface area contributed by atoms with Gasteiger partial charge < -0.3 is 4.74 Å². The lowest BCUT2D eigenvalue weighted by molar-refractivity contribution is -0.249. The summed E-state index contributed by atoms with van der Waals surface area (Å²) in [4.78, 5) is 0. The molecule has 0 saturated heterocycles. The van der Waals surface area contributed by atoms with Gasteiger partial charge in [-0.2, -0.15) is 8.78 Å². The van der Waals surface area contributed by atoms with Crippen LogP contribution in [0.5, 0.6) is 0 Å². The summed E-state index contributed by atoms with van der Waals surface area (Å²) < 4.78 is 61.1. The molecule has 0 aliphatic carbocycles. The number of ether oxygens (including phenoxy) is 1. The first-order chi connectivity index (χ1) is 13.4. The molecule has 0 atom stereocenters. The van der Waals surface area contributed by atoms with Gasteiger partial charge in [0.2, 0.25) is 0 Å². The highest BCUT2D eigenvalue weighted by Crippen LogP contribution is 2.33. The summed E-state index contributed by atoms with van der Waals surface area (Å²) in [5.41, 5.74) is 1.11. The Balaban J connectivity index is 1.93. The van der Waals surface area contributed by atoms with E-state index in [4.69, 9.17) is 0 Å². The van der Waals surface area contributed by atoms with Crippen LogP contribution >= 0.6 is 0 Å². The number of hydrogen-bond acceptors (Lipinski definition) is 1. The second-order valence-corrected chi connectivity index (χ2v) is 7.04. The van der Waals surface area contributed by atoms with Crippen LogP contribution in [0, 0.1) is 11.6 Å². The van der Waals surface area contributed by atoms with Gasteiger partial charge in [-0.3, -0.25) is 0 Å². The molecule has 0 bridgehead atoms. The lowest BCUT2D eigenvalue weighted by Gasteiger charge is -2.19. The SMILES string of the molecule is CCCCCc1ccc(CCOC(F)(F)c2ccc(CCC)c(F)c2F)cc1. The fourth-order valence-electron chi connectivity index (χ4n) is 3.10. The van der Waals surface area contributed by atoms with Crippen molar-refractivity contribution >= 4 is 0 Å². The molecule has 0 fully saturated rings. The van der Waals surface area contributed by atoms with Gasteiger partial charge in [-0.25, -0.2) is 8.78 Å². The minimum absolute atomic E-state index is 0.0959. The Kier molecular flexibility index (Phi) is 8.49. The van der Waals surface area contributed by atoms with Crippen LogP contribution in [0.25, 0.3) is 0 Å². The van der Waals surface area contributed by atoms with Gasteiger partial charge in [0.05, 0.1) is 12.2 Å². The molecule has 0 spiro atoms. The summed E-state index contributed by atoms with van der Waals surface area (Å²) in [6.45, 7) is 3.67. The third-order valence-electron chi connectivity index (χ3n) is 4.76. The number of benzene rings is 2. The molecule has 0 N–H and O–H groups in total. The lowest BCUT2D eigenvalue weighted by Crippen LogP contribution is -2.22. The van der Waals surface area contributed by atoms with Crippen molar-refractivity contribution in [2.75, 3.05) is 6.61 Å². The topological polar surface area (TPSA) is 9.23 Å². The molecule has 0 saturated carbocycles. The van der Waals surface area contributed by atoms with Crippen molar-refractivity contribution in [1.29, 1.82) is 0 Å². The predicted molar refractivity (Wildman–Crippen MR) is 104 cm³/mol. The first kappa shape index (κ1) is 22.4. The molecule has 0 aliphatic rings. The van der Waals surface area contributed by atoms with Crippen molar-refractivity contribution in [2.45, 2.75) is 64.9 Å². The van der Waals surface area contributed by atoms with E-state index < -0.39 is 23.3 Å². The molecule has 0 heterocycles. The molecule has 0 radical (unpaired) electrons. The second kappa shape index (κ2) is 10.6. The highest BCUT2D eigenvalue weighted by atomic mass is 19.3. The molecule has 2 aromatic rings. The maximum Gasteiger partial charge on any atom is 0.386 e. The average molecular weight is 396 g/mol. The second-order valence-electron chi connectivity index (χ2n) is 7.04. The van der Waals surface area contributed by atoms with E-state index in [1.807, 2.05) is 24.3 Å². The van der Waals surface area contributed by atoms with E-state index in [9.17, 15) is 17.6 Å². The van der Waals surface area contributed by atoms with Crippen molar-refractivity contribution in [1.82, 2.24) is 0 Å². The highest BCUT2D eigenvalue weighted by molar-refractivity contribution is 5.28. The van der Waals surface area contributed by atoms with Crippen LogP contribution in [0.1, 0.15) is 61.8 Å². The summed E-state index contributed by atoms with van der Waals surface area (Å²) in [5.74, 6) is -2.76. The van der Waals surface area contributed by atoms with Gasteiger partial charge >= 0.3 is 6.11 Å². The standard InChI is InChI=1S/C23H28F4O/c1-3-5-6-8-17-9-11-18(12-10-17)15-16-28-23(26,27)20-14-13-19(7-4-2)21(24)22(20)25/h9-14H,3-8,15-16H2,1-2H3. The number of alkyl halides is 2. The zero-order chi connectivity index (χ0) is 20.6. The Morgan fingerprint density at radius 3 is 2.00 bits per heavy atom. The van der Waals surface area contributed by atoms with Crippen LogP contribution in [-0.2, 0) is 30.1 Å². The Hall–Kier alpha value is -1.88. The van der Waals surface area contributed by atoms with Crippen LogP contribution < -0.4 is 0 Å². The third kappa shape index (κ3) is 6.06. The number of rotatable bonds is 11. The number of hydrogen-bond donors (Lipinski definition) is 0. The van der Waals surface area contributed by atoms with Crippen molar-refractivity contribution in [3.8, 4) is 0 Å². The van der Waals surface area contributed by atoms with Gasteiger partial charge in [-0.1, -0.05) is 63.4 Å². The van der Waals surface area contributed by atoms with Crippen LogP contribution in [0.4, 0.5) is 17.6 Å². The van der Waals surface area contributed by atoms with Crippen LogP contribution in [-0.4, -0.2) is 6.61 Å². The van der Waals surface area contributed by atoms with Gasteiger partial charge in [0.1, 0.15) is 0 Å². The monoisotopic (exact) mass is 396 g/mol. The maximum atomic E-state index is 14.2. The first-order valence-corrected chi connectivity index (χ1v) is 9.96. The summed E-state index contributed by atoms with van der Waals surface area (Å²) in [5, 5.41) is 0. The molecule has 154 valence electrons. The molecule has 0 amide bonds. The predicted octanol–water partition coefficient (Wildman–Crippen LogP) is 6.96. The lowest BCUT2D eigenvalue weighted by atomic mass is 10.0. The Morgan fingerprint density at radius 1 is 0.750 bits per heavy atom. The largest absolute Gasteiger partial charge is 0.386 e. The van der Waals surface area contributed by atoms with E-state index in [2.05, 4.69) is 11.7 Å². The fraction of sp³-hybridized carbons (Fsp3) is 0.478. The summed E-state index contributed by atoms with van der Waals surface area (Å²) in [7, 11) is 0. The van der Waals surface area contributed by atoms with Gasteiger partial charge in [0, 0.05) is 0 Å². The molecule has 2 rings (SSSR count). The van der Waals surface area contributed by atoms with Gasteiger partial charge in [0.15, 0.2) is 11.6 Å². The Bertz CT molecular complexity index is 741.